The number of benzene rings is 1. The highest BCUT2D eigenvalue weighted by molar-refractivity contribution is 5.30. The minimum atomic E-state index is -0.503. The lowest BCUT2D eigenvalue weighted by Crippen LogP contribution is -2.39. The van der Waals surface area contributed by atoms with Crippen LogP contribution in [-0.4, -0.2) is 55.1 Å². The Labute approximate surface area is 146 Å². The second-order valence-corrected chi connectivity index (χ2v) is 6.74. The standard InChI is InChI=1S/C20H31NO3/c1-4-9-23-15-19(22)13-21(14-20-6-5-10-24-20)12-18-8-7-16(2)11-17(18)3/h4,7-8,11,19-20,22H,1,5-6,9-10,12-15H2,2-3H3. The van der Waals surface area contributed by atoms with Gasteiger partial charge in [0.05, 0.1) is 25.4 Å². The largest absolute Gasteiger partial charge is 0.389 e. The predicted molar refractivity (Wildman–Crippen MR) is 97.2 cm³/mol. The zero-order valence-corrected chi connectivity index (χ0v) is 15.0. The number of aryl methyl sites for hydroxylation is 2. The van der Waals surface area contributed by atoms with Crippen LogP contribution < -0.4 is 0 Å². The molecule has 0 spiro atoms. The number of hydrogen-bond donors (Lipinski definition) is 1. The van der Waals surface area contributed by atoms with E-state index in [0.29, 0.717) is 19.8 Å². The second kappa shape index (κ2) is 9.94. The molecule has 0 radical (unpaired) electrons. The highest BCUT2D eigenvalue weighted by atomic mass is 16.5. The lowest BCUT2D eigenvalue weighted by atomic mass is 10.0. The zero-order valence-electron chi connectivity index (χ0n) is 15.0. The van der Waals surface area contributed by atoms with Crippen molar-refractivity contribution >= 4 is 0 Å². The third-order valence-corrected chi connectivity index (χ3v) is 4.39. The molecule has 1 aromatic rings. The van der Waals surface area contributed by atoms with Crippen LogP contribution in [0.4, 0.5) is 0 Å². The van der Waals surface area contributed by atoms with E-state index in [-0.39, 0.29) is 6.10 Å². The summed E-state index contributed by atoms with van der Waals surface area (Å²) in [5, 5.41) is 10.3. The van der Waals surface area contributed by atoms with Gasteiger partial charge in [-0.25, -0.2) is 0 Å². The van der Waals surface area contributed by atoms with E-state index in [0.717, 1.165) is 32.5 Å². The molecule has 1 fully saturated rings. The Balaban J connectivity index is 1.96. The van der Waals surface area contributed by atoms with E-state index in [1.54, 1.807) is 6.08 Å². The second-order valence-electron chi connectivity index (χ2n) is 6.74. The number of ether oxygens (including phenoxy) is 2. The summed E-state index contributed by atoms with van der Waals surface area (Å²) >= 11 is 0. The summed E-state index contributed by atoms with van der Waals surface area (Å²) in [6.07, 6.45) is 3.71. The highest BCUT2D eigenvalue weighted by Gasteiger charge is 2.21. The molecule has 1 aliphatic rings. The van der Waals surface area contributed by atoms with Gasteiger partial charge >= 0.3 is 0 Å². The molecule has 0 bridgehead atoms. The van der Waals surface area contributed by atoms with Crippen molar-refractivity contribution in [3.05, 3.63) is 47.5 Å². The van der Waals surface area contributed by atoms with Gasteiger partial charge in [-0.15, -0.1) is 6.58 Å². The third-order valence-electron chi connectivity index (χ3n) is 4.39. The summed E-state index contributed by atoms with van der Waals surface area (Å²) < 4.78 is 11.2. The van der Waals surface area contributed by atoms with Crippen molar-refractivity contribution in [1.82, 2.24) is 4.90 Å². The molecule has 0 amide bonds. The molecule has 0 saturated carbocycles. The van der Waals surface area contributed by atoms with Gasteiger partial charge in [0, 0.05) is 26.2 Å². The van der Waals surface area contributed by atoms with Crippen LogP contribution >= 0.6 is 0 Å². The number of nitrogens with zero attached hydrogens (tertiary/aromatic N) is 1. The van der Waals surface area contributed by atoms with E-state index in [2.05, 4.69) is 43.5 Å². The van der Waals surface area contributed by atoms with Gasteiger partial charge in [0.25, 0.3) is 0 Å². The number of aliphatic hydroxyl groups excluding tert-OH is 1. The van der Waals surface area contributed by atoms with E-state index in [9.17, 15) is 5.11 Å². The van der Waals surface area contributed by atoms with E-state index >= 15 is 0 Å². The highest BCUT2D eigenvalue weighted by Crippen LogP contribution is 2.18. The first-order valence-corrected chi connectivity index (χ1v) is 8.85. The number of aliphatic hydroxyl groups is 1. The Bertz CT molecular complexity index is 512. The molecule has 4 nitrogen and oxygen atoms in total. The van der Waals surface area contributed by atoms with Crippen LogP contribution in [0.5, 0.6) is 0 Å². The fourth-order valence-corrected chi connectivity index (χ4v) is 3.18. The normalized spacial score (nSPS) is 18.9. The molecule has 2 unspecified atom stereocenters. The van der Waals surface area contributed by atoms with Crippen molar-refractivity contribution in [3.63, 3.8) is 0 Å². The van der Waals surface area contributed by atoms with Crippen LogP contribution in [0.15, 0.2) is 30.9 Å². The summed E-state index contributed by atoms with van der Waals surface area (Å²) in [4.78, 5) is 2.29. The zero-order chi connectivity index (χ0) is 17.4. The Morgan fingerprint density at radius 3 is 2.96 bits per heavy atom. The molecular formula is C20H31NO3. The van der Waals surface area contributed by atoms with Gasteiger partial charge in [-0.2, -0.15) is 0 Å². The van der Waals surface area contributed by atoms with Crippen LogP contribution in [0.1, 0.15) is 29.5 Å². The maximum atomic E-state index is 10.3. The Morgan fingerprint density at radius 2 is 2.29 bits per heavy atom. The molecule has 4 heteroatoms. The van der Waals surface area contributed by atoms with Crippen LogP contribution in [0.3, 0.4) is 0 Å². The molecular weight excluding hydrogens is 302 g/mol. The molecule has 2 atom stereocenters. The van der Waals surface area contributed by atoms with Gasteiger partial charge in [0.1, 0.15) is 0 Å². The smallest absolute Gasteiger partial charge is 0.0900 e. The number of rotatable bonds is 10. The Kier molecular flexibility index (Phi) is 7.92. The molecule has 2 rings (SSSR count). The van der Waals surface area contributed by atoms with Crippen LogP contribution in [0.25, 0.3) is 0 Å². The van der Waals surface area contributed by atoms with Crippen molar-refractivity contribution in [1.29, 1.82) is 0 Å². The van der Waals surface area contributed by atoms with Gasteiger partial charge in [0.15, 0.2) is 0 Å². The molecule has 1 aromatic carbocycles. The molecule has 0 aromatic heterocycles. The van der Waals surface area contributed by atoms with E-state index < -0.39 is 6.10 Å². The van der Waals surface area contributed by atoms with E-state index in [4.69, 9.17) is 9.47 Å². The van der Waals surface area contributed by atoms with E-state index in [1.165, 1.54) is 16.7 Å². The molecule has 24 heavy (non-hydrogen) atoms. The van der Waals surface area contributed by atoms with Crippen LogP contribution in [0.2, 0.25) is 0 Å². The van der Waals surface area contributed by atoms with E-state index in [1.807, 2.05) is 0 Å². The average molecular weight is 333 g/mol. The lowest BCUT2D eigenvalue weighted by Gasteiger charge is -2.28. The summed E-state index contributed by atoms with van der Waals surface area (Å²) in [5.74, 6) is 0. The molecule has 1 heterocycles. The summed E-state index contributed by atoms with van der Waals surface area (Å²) in [7, 11) is 0. The first-order chi connectivity index (χ1) is 11.6. The van der Waals surface area contributed by atoms with Crippen molar-refractivity contribution in [2.24, 2.45) is 0 Å². The summed E-state index contributed by atoms with van der Waals surface area (Å²) in [5.41, 5.74) is 3.88. The van der Waals surface area contributed by atoms with Crippen molar-refractivity contribution in [2.45, 2.75) is 45.4 Å². The van der Waals surface area contributed by atoms with Crippen molar-refractivity contribution in [2.75, 3.05) is 32.9 Å². The molecule has 1 saturated heterocycles. The van der Waals surface area contributed by atoms with Crippen molar-refractivity contribution < 1.29 is 14.6 Å². The minimum Gasteiger partial charge on any atom is -0.389 e. The van der Waals surface area contributed by atoms with Crippen LogP contribution in [0, 0.1) is 13.8 Å². The molecule has 1 aliphatic heterocycles. The van der Waals surface area contributed by atoms with Crippen molar-refractivity contribution in [3.8, 4) is 0 Å². The fourth-order valence-electron chi connectivity index (χ4n) is 3.18. The SMILES string of the molecule is C=CCOCC(O)CN(Cc1ccc(C)cc1C)CC1CCCO1. The lowest BCUT2D eigenvalue weighted by molar-refractivity contribution is 0.00851. The van der Waals surface area contributed by atoms with Gasteiger partial charge < -0.3 is 14.6 Å². The number of hydrogen-bond acceptors (Lipinski definition) is 4. The quantitative estimate of drug-likeness (QED) is 0.528. The molecule has 134 valence electrons. The monoisotopic (exact) mass is 333 g/mol. The predicted octanol–water partition coefficient (Wildman–Crippen LogP) is 2.85. The molecule has 1 N–H and O–H groups in total. The minimum absolute atomic E-state index is 0.275. The first-order valence-electron chi connectivity index (χ1n) is 8.85. The topological polar surface area (TPSA) is 41.9 Å². The average Bonchev–Trinajstić information content (AvgIpc) is 3.03. The Morgan fingerprint density at radius 1 is 1.46 bits per heavy atom. The van der Waals surface area contributed by atoms with Gasteiger partial charge in [-0.05, 0) is 37.8 Å². The Hall–Kier alpha value is -1.20. The van der Waals surface area contributed by atoms with Gasteiger partial charge in [0.2, 0.25) is 0 Å². The first kappa shape index (κ1) is 19.1. The fraction of sp³-hybridized carbons (Fsp3) is 0.600. The summed E-state index contributed by atoms with van der Waals surface area (Å²) in [6.45, 7) is 11.8. The molecule has 0 aliphatic carbocycles. The van der Waals surface area contributed by atoms with Gasteiger partial charge in [-0.1, -0.05) is 29.8 Å². The van der Waals surface area contributed by atoms with Crippen LogP contribution in [-0.2, 0) is 16.0 Å². The maximum absolute atomic E-state index is 10.3. The van der Waals surface area contributed by atoms with Gasteiger partial charge in [-0.3, -0.25) is 4.90 Å². The summed E-state index contributed by atoms with van der Waals surface area (Å²) in [6, 6.07) is 6.55. The maximum Gasteiger partial charge on any atom is 0.0900 e. The third kappa shape index (κ3) is 6.36.